The Morgan fingerprint density at radius 3 is 2.74 bits per heavy atom. The first-order valence-electron chi connectivity index (χ1n) is 7.05. The standard InChI is InChI=1S/C16H21Br2F/c1-10(2)11-3-5-15(17)12(7-11)8-13-9-14(19)4-6-16(13)18/h4,6,9-12,15H,3,5,7-8H2,1-2H3. The molecule has 0 nitrogen and oxygen atoms in total. The van der Waals surface area contributed by atoms with Gasteiger partial charge < -0.3 is 0 Å². The van der Waals surface area contributed by atoms with Gasteiger partial charge in [-0.3, -0.25) is 0 Å². The van der Waals surface area contributed by atoms with Crippen LogP contribution in [0.2, 0.25) is 0 Å². The second kappa shape index (κ2) is 6.71. The molecule has 0 radical (unpaired) electrons. The summed E-state index contributed by atoms with van der Waals surface area (Å²) in [6.07, 6.45) is 4.75. The Labute approximate surface area is 132 Å². The van der Waals surface area contributed by atoms with Crippen molar-refractivity contribution < 1.29 is 4.39 Å². The van der Waals surface area contributed by atoms with E-state index in [1.165, 1.54) is 25.3 Å². The van der Waals surface area contributed by atoms with Gasteiger partial charge in [0.1, 0.15) is 5.82 Å². The maximum Gasteiger partial charge on any atom is 0.123 e. The first-order chi connectivity index (χ1) is 8.97. The van der Waals surface area contributed by atoms with E-state index in [-0.39, 0.29) is 5.82 Å². The smallest absolute Gasteiger partial charge is 0.123 e. The molecule has 0 amide bonds. The summed E-state index contributed by atoms with van der Waals surface area (Å²) in [5.41, 5.74) is 1.10. The van der Waals surface area contributed by atoms with Crippen molar-refractivity contribution in [1.82, 2.24) is 0 Å². The fraction of sp³-hybridized carbons (Fsp3) is 0.625. The van der Waals surface area contributed by atoms with Gasteiger partial charge in [0.05, 0.1) is 0 Å². The minimum Gasteiger partial charge on any atom is -0.207 e. The summed E-state index contributed by atoms with van der Waals surface area (Å²) >= 11 is 7.36. The van der Waals surface area contributed by atoms with Crippen molar-refractivity contribution in [1.29, 1.82) is 0 Å². The summed E-state index contributed by atoms with van der Waals surface area (Å²) in [6.45, 7) is 4.63. The van der Waals surface area contributed by atoms with Crippen molar-refractivity contribution in [2.45, 2.75) is 44.4 Å². The molecule has 0 saturated heterocycles. The topological polar surface area (TPSA) is 0 Å². The van der Waals surface area contributed by atoms with Gasteiger partial charge >= 0.3 is 0 Å². The van der Waals surface area contributed by atoms with Gasteiger partial charge in [-0.2, -0.15) is 0 Å². The van der Waals surface area contributed by atoms with E-state index < -0.39 is 0 Å². The number of benzene rings is 1. The Balaban J connectivity index is 2.09. The largest absolute Gasteiger partial charge is 0.207 e. The van der Waals surface area contributed by atoms with Crippen LogP contribution in [0.15, 0.2) is 22.7 Å². The third-order valence-corrected chi connectivity index (χ3v) is 6.34. The fourth-order valence-corrected chi connectivity index (χ4v) is 4.14. The van der Waals surface area contributed by atoms with Gasteiger partial charge in [-0.25, -0.2) is 4.39 Å². The SMILES string of the molecule is CC(C)C1CCC(Br)C(Cc2cc(F)ccc2Br)C1. The highest BCUT2D eigenvalue weighted by molar-refractivity contribution is 9.10. The number of alkyl halides is 1. The summed E-state index contributed by atoms with van der Waals surface area (Å²) < 4.78 is 14.4. The fourth-order valence-electron chi connectivity index (χ4n) is 3.06. The highest BCUT2D eigenvalue weighted by Gasteiger charge is 2.30. The molecular weight excluding hydrogens is 371 g/mol. The van der Waals surface area contributed by atoms with Crippen LogP contribution in [0.25, 0.3) is 0 Å². The lowest BCUT2D eigenvalue weighted by Gasteiger charge is -2.35. The van der Waals surface area contributed by atoms with Crippen LogP contribution in [0.3, 0.4) is 0 Å². The Hall–Kier alpha value is 0.110. The summed E-state index contributed by atoms with van der Waals surface area (Å²) in [5.74, 6) is 2.03. The van der Waals surface area contributed by atoms with Gasteiger partial charge in [0, 0.05) is 9.30 Å². The van der Waals surface area contributed by atoms with Gasteiger partial charge in [0.25, 0.3) is 0 Å². The summed E-state index contributed by atoms with van der Waals surface area (Å²) in [5, 5.41) is 0. The maximum atomic E-state index is 13.4. The number of rotatable bonds is 3. The van der Waals surface area contributed by atoms with Gasteiger partial charge in [0.15, 0.2) is 0 Å². The molecule has 2 rings (SSSR count). The van der Waals surface area contributed by atoms with Crippen LogP contribution < -0.4 is 0 Å². The minimum atomic E-state index is -0.138. The Morgan fingerprint density at radius 1 is 1.32 bits per heavy atom. The molecule has 1 fully saturated rings. The van der Waals surface area contributed by atoms with E-state index in [0.717, 1.165) is 28.3 Å². The molecule has 0 spiro atoms. The monoisotopic (exact) mass is 390 g/mol. The predicted octanol–water partition coefficient (Wildman–Crippen LogP) is 5.97. The van der Waals surface area contributed by atoms with E-state index in [1.807, 2.05) is 6.07 Å². The minimum absolute atomic E-state index is 0.138. The Morgan fingerprint density at radius 2 is 2.05 bits per heavy atom. The molecule has 1 aliphatic rings. The first kappa shape index (κ1) is 15.5. The maximum absolute atomic E-state index is 13.4. The zero-order valence-corrected chi connectivity index (χ0v) is 14.7. The lowest BCUT2D eigenvalue weighted by atomic mass is 9.74. The average Bonchev–Trinajstić information content (AvgIpc) is 2.36. The van der Waals surface area contributed by atoms with Gasteiger partial charge in [-0.1, -0.05) is 45.7 Å². The van der Waals surface area contributed by atoms with Crippen molar-refractivity contribution in [3.8, 4) is 0 Å². The van der Waals surface area contributed by atoms with E-state index >= 15 is 0 Å². The van der Waals surface area contributed by atoms with Crippen LogP contribution >= 0.6 is 31.9 Å². The zero-order chi connectivity index (χ0) is 14.0. The van der Waals surface area contributed by atoms with Crippen LogP contribution in [0.5, 0.6) is 0 Å². The molecule has 3 atom stereocenters. The van der Waals surface area contributed by atoms with E-state index in [1.54, 1.807) is 6.07 Å². The second-order valence-electron chi connectivity index (χ2n) is 6.03. The third-order valence-electron chi connectivity index (χ3n) is 4.36. The summed E-state index contributed by atoms with van der Waals surface area (Å²) in [6, 6.07) is 5.00. The van der Waals surface area contributed by atoms with E-state index in [2.05, 4.69) is 45.7 Å². The normalized spacial score (nSPS) is 27.8. The lowest BCUT2D eigenvalue weighted by Crippen LogP contribution is -2.29. The molecule has 0 heterocycles. The summed E-state index contributed by atoms with van der Waals surface area (Å²) in [4.78, 5) is 0.567. The molecule has 1 aromatic carbocycles. The predicted molar refractivity (Wildman–Crippen MR) is 86.2 cm³/mol. The molecule has 1 aromatic rings. The highest BCUT2D eigenvalue weighted by atomic mass is 79.9. The third kappa shape index (κ3) is 4.04. The average molecular weight is 392 g/mol. The van der Waals surface area contributed by atoms with E-state index in [0.29, 0.717) is 10.7 Å². The Kier molecular flexibility index (Phi) is 5.47. The van der Waals surface area contributed by atoms with Crippen LogP contribution in [-0.2, 0) is 6.42 Å². The van der Waals surface area contributed by atoms with Crippen molar-refractivity contribution >= 4 is 31.9 Å². The quantitative estimate of drug-likeness (QED) is 0.557. The molecule has 0 N–H and O–H groups in total. The zero-order valence-electron chi connectivity index (χ0n) is 11.5. The number of halogens is 3. The number of hydrogen-bond acceptors (Lipinski definition) is 0. The van der Waals surface area contributed by atoms with Gasteiger partial charge in [0.2, 0.25) is 0 Å². The van der Waals surface area contributed by atoms with Crippen molar-refractivity contribution in [3.05, 3.63) is 34.1 Å². The lowest BCUT2D eigenvalue weighted by molar-refractivity contribution is 0.222. The van der Waals surface area contributed by atoms with E-state index in [4.69, 9.17) is 0 Å². The molecule has 3 unspecified atom stereocenters. The highest BCUT2D eigenvalue weighted by Crippen LogP contribution is 2.39. The molecule has 19 heavy (non-hydrogen) atoms. The van der Waals surface area contributed by atoms with Crippen molar-refractivity contribution in [2.24, 2.45) is 17.8 Å². The molecule has 0 aliphatic heterocycles. The molecule has 3 heteroatoms. The van der Waals surface area contributed by atoms with Crippen molar-refractivity contribution in [3.63, 3.8) is 0 Å². The second-order valence-corrected chi connectivity index (χ2v) is 8.06. The first-order valence-corrected chi connectivity index (χ1v) is 8.76. The van der Waals surface area contributed by atoms with Gasteiger partial charge in [-0.05, 0) is 67.2 Å². The molecule has 0 aromatic heterocycles. The van der Waals surface area contributed by atoms with Crippen LogP contribution in [0.1, 0.15) is 38.7 Å². The summed E-state index contributed by atoms with van der Waals surface area (Å²) in [7, 11) is 0. The molecule has 106 valence electrons. The molecule has 0 bridgehead atoms. The van der Waals surface area contributed by atoms with E-state index in [9.17, 15) is 4.39 Å². The van der Waals surface area contributed by atoms with Crippen LogP contribution in [0.4, 0.5) is 4.39 Å². The van der Waals surface area contributed by atoms with Crippen LogP contribution in [-0.4, -0.2) is 4.83 Å². The molecule has 1 saturated carbocycles. The number of hydrogen-bond donors (Lipinski definition) is 0. The van der Waals surface area contributed by atoms with Crippen molar-refractivity contribution in [2.75, 3.05) is 0 Å². The molecular formula is C16H21Br2F. The van der Waals surface area contributed by atoms with Crippen LogP contribution in [0, 0.1) is 23.6 Å². The molecule has 1 aliphatic carbocycles. The van der Waals surface area contributed by atoms with Gasteiger partial charge in [-0.15, -0.1) is 0 Å². The Bertz CT molecular complexity index is 431.